The van der Waals surface area contributed by atoms with Crippen molar-refractivity contribution >= 4 is 5.96 Å². The summed E-state index contributed by atoms with van der Waals surface area (Å²) in [6.45, 7) is 6.06. The number of nitrogens with zero attached hydrogens (tertiary/aromatic N) is 4. The fourth-order valence-corrected chi connectivity index (χ4v) is 1.57. The molecule has 2 N–H and O–H groups in total. The Bertz CT molecular complexity index is 338. The van der Waals surface area contributed by atoms with Crippen molar-refractivity contribution < 1.29 is 4.74 Å². The summed E-state index contributed by atoms with van der Waals surface area (Å²) in [7, 11) is 1.77. The molecule has 0 aliphatic carbocycles. The normalized spacial score (nSPS) is 11.6. The van der Waals surface area contributed by atoms with Gasteiger partial charge in [0.05, 0.1) is 6.61 Å². The molecule has 0 aliphatic heterocycles. The summed E-state index contributed by atoms with van der Waals surface area (Å²) >= 11 is 0. The van der Waals surface area contributed by atoms with E-state index in [9.17, 15) is 0 Å². The minimum absolute atomic E-state index is 0.699. The van der Waals surface area contributed by atoms with E-state index in [0.29, 0.717) is 6.61 Å². The molecule has 0 aliphatic rings. The zero-order valence-electron chi connectivity index (χ0n) is 11.8. The van der Waals surface area contributed by atoms with Gasteiger partial charge in [-0.1, -0.05) is 0 Å². The van der Waals surface area contributed by atoms with Crippen LogP contribution >= 0.6 is 0 Å². The van der Waals surface area contributed by atoms with Crippen molar-refractivity contribution in [2.75, 3.05) is 33.4 Å². The van der Waals surface area contributed by atoms with E-state index in [4.69, 9.17) is 4.74 Å². The second-order valence-corrected chi connectivity index (χ2v) is 4.03. The second kappa shape index (κ2) is 10.3. The summed E-state index contributed by atoms with van der Waals surface area (Å²) in [6.07, 6.45) is 5.63. The van der Waals surface area contributed by atoms with Crippen LogP contribution in [0.5, 0.6) is 0 Å². The van der Waals surface area contributed by atoms with Gasteiger partial charge >= 0.3 is 0 Å². The summed E-state index contributed by atoms with van der Waals surface area (Å²) in [4.78, 5) is 4.15. The van der Waals surface area contributed by atoms with E-state index >= 15 is 0 Å². The SMILES string of the molecule is CCOCCNC(=NC)NCCCCn1cnnc1. The number of rotatable bonds is 9. The number of aliphatic imine (C=N–C) groups is 1. The number of hydrogen-bond acceptors (Lipinski definition) is 4. The van der Waals surface area contributed by atoms with Crippen molar-refractivity contribution in [3.63, 3.8) is 0 Å². The number of unbranched alkanes of at least 4 members (excludes halogenated alkanes) is 1. The third kappa shape index (κ3) is 7.40. The molecule has 0 atom stereocenters. The first kappa shape index (κ1) is 15.4. The maximum absolute atomic E-state index is 5.25. The first-order chi connectivity index (χ1) is 9.36. The van der Waals surface area contributed by atoms with Gasteiger partial charge in [0.15, 0.2) is 5.96 Å². The molecule has 0 radical (unpaired) electrons. The van der Waals surface area contributed by atoms with Gasteiger partial charge in [-0.15, -0.1) is 10.2 Å². The van der Waals surface area contributed by atoms with E-state index in [1.165, 1.54) is 0 Å². The van der Waals surface area contributed by atoms with Crippen molar-refractivity contribution in [1.29, 1.82) is 0 Å². The predicted octanol–water partition coefficient (Wildman–Crippen LogP) is 0.260. The molecule has 0 unspecified atom stereocenters. The number of aryl methyl sites for hydroxylation is 1. The fraction of sp³-hybridized carbons (Fsp3) is 0.750. The lowest BCUT2D eigenvalue weighted by molar-refractivity contribution is 0.152. The lowest BCUT2D eigenvalue weighted by Gasteiger charge is -2.11. The Kier molecular flexibility index (Phi) is 8.37. The summed E-state index contributed by atoms with van der Waals surface area (Å²) in [5.74, 6) is 0.823. The third-order valence-electron chi connectivity index (χ3n) is 2.57. The number of hydrogen-bond donors (Lipinski definition) is 2. The molecule has 1 heterocycles. The molecule has 0 spiro atoms. The topological polar surface area (TPSA) is 76.4 Å². The van der Waals surface area contributed by atoms with E-state index in [1.807, 2.05) is 11.5 Å². The van der Waals surface area contributed by atoms with Crippen LogP contribution in [0.2, 0.25) is 0 Å². The van der Waals surface area contributed by atoms with Crippen LogP contribution in [0.25, 0.3) is 0 Å². The zero-order chi connectivity index (χ0) is 13.8. The highest BCUT2D eigenvalue weighted by Crippen LogP contribution is 1.92. The van der Waals surface area contributed by atoms with Crippen LogP contribution in [0.15, 0.2) is 17.6 Å². The van der Waals surface area contributed by atoms with Gasteiger partial charge in [0, 0.05) is 33.3 Å². The summed E-state index contributed by atoms with van der Waals surface area (Å²) in [5, 5.41) is 14.0. The Morgan fingerprint density at radius 3 is 2.63 bits per heavy atom. The van der Waals surface area contributed by atoms with E-state index in [0.717, 1.165) is 45.0 Å². The van der Waals surface area contributed by atoms with Crippen LogP contribution in [-0.2, 0) is 11.3 Å². The van der Waals surface area contributed by atoms with Crippen molar-refractivity contribution in [3.8, 4) is 0 Å². The van der Waals surface area contributed by atoms with Crippen LogP contribution in [-0.4, -0.2) is 54.1 Å². The van der Waals surface area contributed by atoms with Crippen molar-refractivity contribution in [3.05, 3.63) is 12.7 Å². The van der Waals surface area contributed by atoms with Gasteiger partial charge in [0.2, 0.25) is 0 Å². The molecule has 19 heavy (non-hydrogen) atoms. The maximum atomic E-state index is 5.25. The quantitative estimate of drug-likeness (QED) is 0.382. The third-order valence-corrected chi connectivity index (χ3v) is 2.57. The molecular formula is C12H24N6O. The molecule has 1 aromatic rings. The van der Waals surface area contributed by atoms with Gasteiger partial charge < -0.3 is 19.9 Å². The van der Waals surface area contributed by atoms with E-state index in [2.05, 4.69) is 25.8 Å². The summed E-state index contributed by atoms with van der Waals surface area (Å²) in [6, 6.07) is 0. The molecule has 7 nitrogen and oxygen atoms in total. The second-order valence-electron chi connectivity index (χ2n) is 4.03. The Labute approximate surface area is 114 Å². The Morgan fingerprint density at radius 2 is 1.95 bits per heavy atom. The molecule has 1 rings (SSSR count). The van der Waals surface area contributed by atoms with E-state index in [-0.39, 0.29) is 0 Å². The van der Waals surface area contributed by atoms with Crippen LogP contribution in [0.1, 0.15) is 19.8 Å². The summed E-state index contributed by atoms with van der Waals surface area (Å²) < 4.78 is 7.23. The minimum Gasteiger partial charge on any atom is -0.380 e. The van der Waals surface area contributed by atoms with Gasteiger partial charge in [-0.05, 0) is 19.8 Å². The van der Waals surface area contributed by atoms with Gasteiger partial charge in [0.1, 0.15) is 12.7 Å². The molecule has 1 aromatic heterocycles. The number of aromatic nitrogens is 3. The van der Waals surface area contributed by atoms with Gasteiger partial charge in [-0.2, -0.15) is 0 Å². The largest absolute Gasteiger partial charge is 0.380 e. The smallest absolute Gasteiger partial charge is 0.191 e. The summed E-state index contributed by atoms with van der Waals surface area (Å²) in [5.41, 5.74) is 0. The maximum Gasteiger partial charge on any atom is 0.191 e. The lowest BCUT2D eigenvalue weighted by atomic mass is 10.3. The highest BCUT2D eigenvalue weighted by Gasteiger charge is 1.96. The van der Waals surface area contributed by atoms with Gasteiger partial charge in [0.25, 0.3) is 0 Å². The predicted molar refractivity (Wildman–Crippen MR) is 75.1 cm³/mol. The van der Waals surface area contributed by atoms with E-state index < -0.39 is 0 Å². The first-order valence-electron chi connectivity index (χ1n) is 6.71. The molecule has 108 valence electrons. The van der Waals surface area contributed by atoms with Gasteiger partial charge in [-0.3, -0.25) is 4.99 Å². The van der Waals surface area contributed by atoms with Crippen molar-refractivity contribution in [1.82, 2.24) is 25.4 Å². The van der Waals surface area contributed by atoms with E-state index in [1.54, 1.807) is 19.7 Å². The number of ether oxygens (including phenoxy) is 1. The highest BCUT2D eigenvalue weighted by atomic mass is 16.5. The molecule has 0 saturated carbocycles. The van der Waals surface area contributed by atoms with Crippen LogP contribution < -0.4 is 10.6 Å². The Hall–Kier alpha value is -1.63. The Balaban J connectivity index is 2.00. The van der Waals surface area contributed by atoms with Crippen molar-refractivity contribution in [2.24, 2.45) is 4.99 Å². The molecular weight excluding hydrogens is 244 g/mol. The van der Waals surface area contributed by atoms with Gasteiger partial charge in [-0.25, -0.2) is 0 Å². The fourth-order valence-electron chi connectivity index (χ4n) is 1.57. The molecule has 0 fully saturated rings. The zero-order valence-corrected chi connectivity index (χ0v) is 11.8. The van der Waals surface area contributed by atoms with Crippen LogP contribution in [0, 0.1) is 0 Å². The Morgan fingerprint density at radius 1 is 1.21 bits per heavy atom. The minimum atomic E-state index is 0.699. The average Bonchev–Trinajstić information content (AvgIpc) is 2.94. The monoisotopic (exact) mass is 268 g/mol. The number of nitrogens with one attached hydrogen (secondary N) is 2. The molecule has 0 amide bonds. The van der Waals surface area contributed by atoms with Crippen molar-refractivity contribution in [2.45, 2.75) is 26.3 Å². The highest BCUT2D eigenvalue weighted by molar-refractivity contribution is 5.79. The lowest BCUT2D eigenvalue weighted by Crippen LogP contribution is -2.39. The molecule has 0 bridgehead atoms. The van der Waals surface area contributed by atoms with Crippen LogP contribution in [0.4, 0.5) is 0 Å². The number of guanidine groups is 1. The van der Waals surface area contributed by atoms with Crippen LogP contribution in [0.3, 0.4) is 0 Å². The first-order valence-corrected chi connectivity index (χ1v) is 6.71. The molecule has 0 saturated heterocycles. The molecule has 7 heteroatoms. The molecule has 0 aromatic carbocycles. The standard InChI is InChI=1S/C12H24N6O/c1-3-19-9-7-15-12(13-2)14-6-4-5-8-18-10-16-17-11-18/h10-11H,3-9H2,1-2H3,(H2,13,14,15). The average molecular weight is 268 g/mol.